The maximum absolute atomic E-state index is 12.3. The van der Waals surface area contributed by atoms with E-state index in [4.69, 9.17) is 4.74 Å². The molecule has 0 aliphatic carbocycles. The number of carbonyl (C=O) groups excluding carboxylic acids is 3. The Bertz CT molecular complexity index is 724. The molecule has 0 heterocycles. The summed E-state index contributed by atoms with van der Waals surface area (Å²) in [6.45, 7) is 1.83. The molecule has 0 aliphatic rings. The Morgan fingerprint density at radius 3 is 2.39 bits per heavy atom. The normalized spacial score (nSPS) is 9.96. The number of ether oxygens (including phenoxy) is 1. The molecule has 0 atom stereocenters. The van der Waals surface area contributed by atoms with Gasteiger partial charge in [0.25, 0.3) is 0 Å². The lowest BCUT2D eigenvalue weighted by atomic mass is 10.1. The molecule has 23 heavy (non-hydrogen) atoms. The molecule has 0 unspecified atom stereocenters. The predicted octanol–water partition coefficient (Wildman–Crippen LogP) is 3.31. The number of benzene rings is 2. The van der Waals surface area contributed by atoms with E-state index in [9.17, 15) is 19.5 Å². The highest BCUT2D eigenvalue weighted by Gasteiger charge is 2.22. The third kappa shape index (κ3) is 3.55. The Morgan fingerprint density at radius 1 is 1.13 bits per heavy atom. The van der Waals surface area contributed by atoms with Crippen molar-refractivity contribution in [3.05, 3.63) is 53.6 Å². The van der Waals surface area contributed by atoms with Crippen molar-refractivity contribution >= 4 is 30.0 Å². The monoisotopic (exact) mass is 313 g/mol. The molecule has 1 amide bonds. The number of rotatable bonds is 5. The Hall–Kier alpha value is -3.15. The lowest BCUT2D eigenvalue weighted by Gasteiger charge is -2.23. The molecule has 2 rings (SSSR count). The number of hydrogen-bond acceptors (Lipinski definition) is 5. The molecule has 0 saturated heterocycles. The van der Waals surface area contributed by atoms with Crippen molar-refractivity contribution in [3.8, 4) is 5.75 Å². The molecule has 0 aliphatic heterocycles. The summed E-state index contributed by atoms with van der Waals surface area (Å²) in [5, 5.41) is 9.39. The van der Waals surface area contributed by atoms with Gasteiger partial charge in [-0.25, -0.2) is 9.69 Å². The van der Waals surface area contributed by atoms with Crippen LogP contribution in [0.1, 0.15) is 27.6 Å². The summed E-state index contributed by atoms with van der Waals surface area (Å²) in [6.07, 6.45) is 0.515. The van der Waals surface area contributed by atoms with Gasteiger partial charge in [-0.1, -0.05) is 0 Å². The minimum absolute atomic E-state index is 0.0458. The van der Waals surface area contributed by atoms with Gasteiger partial charge < -0.3 is 9.84 Å². The molecule has 0 bridgehead atoms. The number of phenolic OH excluding ortho intramolecular Hbond substituents is 1. The van der Waals surface area contributed by atoms with Crippen LogP contribution in [-0.2, 0) is 4.74 Å². The number of hydrogen-bond donors (Lipinski definition) is 1. The standard InChI is InChI=1S/C17H15NO5/c1-2-23-17(22)18(14-4-6-15(21)7-5-14)16-8-3-12(10-19)9-13(16)11-20/h3-11,21H,2H2,1H3. The summed E-state index contributed by atoms with van der Waals surface area (Å²) in [4.78, 5) is 35.7. The molecule has 6 heteroatoms. The van der Waals surface area contributed by atoms with Crippen molar-refractivity contribution < 1.29 is 24.2 Å². The van der Waals surface area contributed by atoms with Gasteiger partial charge in [-0.3, -0.25) is 9.59 Å². The highest BCUT2D eigenvalue weighted by atomic mass is 16.6. The second kappa shape index (κ2) is 7.22. The number of nitrogens with zero attached hydrogens (tertiary/aromatic N) is 1. The fourth-order valence-corrected chi connectivity index (χ4v) is 2.08. The van der Waals surface area contributed by atoms with E-state index < -0.39 is 6.09 Å². The van der Waals surface area contributed by atoms with E-state index in [-0.39, 0.29) is 23.6 Å². The summed E-state index contributed by atoms with van der Waals surface area (Å²) >= 11 is 0. The number of carbonyl (C=O) groups is 3. The topological polar surface area (TPSA) is 83.9 Å². The van der Waals surface area contributed by atoms with Crippen molar-refractivity contribution in [3.63, 3.8) is 0 Å². The number of aromatic hydroxyl groups is 1. The van der Waals surface area contributed by atoms with Crippen LogP contribution in [0.4, 0.5) is 16.2 Å². The second-order valence-electron chi connectivity index (χ2n) is 4.60. The molecule has 6 nitrogen and oxygen atoms in total. The number of phenols is 1. The van der Waals surface area contributed by atoms with Gasteiger partial charge in [0.15, 0.2) is 6.29 Å². The van der Waals surface area contributed by atoms with E-state index in [1.54, 1.807) is 6.92 Å². The van der Waals surface area contributed by atoms with Gasteiger partial charge in [0.2, 0.25) is 0 Å². The van der Waals surface area contributed by atoms with Gasteiger partial charge in [0, 0.05) is 11.1 Å². The molecule has 0 spiro atoms. The fraction of sp³-hybridized carbons (Fsp3) is 0.118. The first-order valence-electron chi connectivity index (χ1n) is 6.91. The van der Waals surface area contributed by atoms with Crippen LogP contribution in [0.15, 0.2) is 42.5 Å². The molecule has 0 aromatic heterocycles. The van der Waals surface area contributed by atoms with E-state index in [0.717, 1.165) is 0 Å². The zero-order valence-corrected chi connectivity index (χ0v) is 12.4. The smallest absolute Gasteiger partial charge is 0.418 e. The fourth-order valence-electron chi connectivity index (χ4n) is 2.08. The molecule has 0 saturated carbocycles. The SMILES string of the molecule is CCOC(=O)N(c1ccc(O)cc1)c1ccc(C=O)cc1C=O. The van der Waals surface area contributed by atoms with Crippen molar-refractivity contribution in [2.45, 2.75) is 6.92 Å². The quantitative estimate of drug-likeness (QED) is 0.856. The Labute approximate surface area is 132 Å². The first kappa shape index (κ1) is 16.2. The van der Waals surface area contributed by atoms with Gasteiger partial charge in [-0.2, -0.15) is 0 Å². The van der Waals surface area contributed by atoms with E-state index in [0.29, 0.717) is 23.8 Å². The van der Waals surface area contributed by atoms with E-state index in [1.807, 2.05) is 0 Å². The average molecular weight is 313 g/mol. The third-order valence-corrected chi connectivity index (χ3v) is 3.11. The summed E-state index contributed by atoms with van der Waals surface area (Å²) in [6, 6.07) is 10.3. The van der Waals surface area contributed by atoms with Crippen molar-refractivity contribution in [2.75, 3.05) is 11.5 Å². The van der Waals surface area contributed by atoms with Gasteiger partial charge in [-0.15, -0.1) is 0 Å². The maximum atomic E-state index is 12.3. The Balaban J connectivity index is 2.57. The van der Waals surface area contributed by atoms with Crippen LogP contribution in [-0.4, -0.2) is 30.4 Å². The molecule has 0 fully saturated rings. The average Bonchev–Trinajstić information content (AvgIpc) is 2.57. The van der Waals surface area contributed by atoms with Crippen LogP contribution < -0.4 is 4.90 Å². The lowest BCUT2D eigenvalue weighted by molar-refractivity contribution is 0.112. The first-order chi connectivity index (χ1) is 11.1. The number of amides is 1. The number of aldehydes is 2. The van der Waals surface area contributed by atoms with E-state index in [1.165, 1.54) is 47.4 Å². The molecule has 0 radical (unpaired) electrons. The van der Waals surface area contributed by atoms with Gasteiger partial charge in [0.1, 0.15) is 12.0 Å². The summed E-state index contributed by atoms with van der Waals surface area (Å²) in [5.74, 6) is 0.0458. The zero-order chi connectivity index (χ0) is 16.8. The molecule has 1 N–H and O–H groups in total. The number of anilines is 2. The highest BCUT2D eigenvalue weighted by molar-refractivity contribution is 6.01. The van der Waals surface area contributed by atoms with Crippen LogP contribution in [0.25, 0.3) is 0 Å². The predicted molar refractivity (Wildman–Crippen MR) is 84.5 cm³/mol. The molecule has 2 aromatic rings. The van der Waals surface area contributed by atoms with Crippen molar-refractivity contribution in [2.24, 2.45) is 0 Å². The lowest BCUT2D eigenvalue weighted by Crippen LogP contribution is -2.27. The van der Waals surface area contributed by atoms with Crippen molar-refractivity contribution in [1.82, 2.24) is 0 Å². The van der Waals surface area contributed by atoms with Crippen LogP contribution >= 0.6 is 0 Å². The zero-order valence-electron chi connectivity index (χ0n) is 12.4. The Kier molecular flexibility index (Phi) is 5.09. The second-order valence-corrected chi connectivity index (χ2v) is 4.60. The Morgan fingerprint density at radius 2 is 1.83 bits per heavy atom. The van der Waals surface area contributed by atoms with Gasteiger partial charge in [-0.05, 0) is 49.4 Å². The van der Waals surface area contributed by atoms with Crippen LogP contribution in [0, 0.1) is 0 Å². The molecule has 118 valence electrons. The van der Waals surface area contributed by atoms with Crippen molar-refractivity contribution in [1.29, 1.82) is 0 Å². The van der Waals surface area contributed by atoms with Crippen LogP contribution in [0.2, 0.25) is 0 Å². The van der Waals surface area contributed by atoms with Gasteiger partial charge >= 0.3 is 6.09 Å². The van der Waals surface area contributed by atoms with E-state index in [2.05, 4.69) is 0 Å². The largest absolute Gasteiger partial charge is 0.508 e. The maximum Gasteiger partial charge on any atom is 0.418 e. The molecule has 2 aromatic carbocycles. The summed E-state index contributed by atoms with van der Waals surface area (Å²) in [7, 11) is 0. The first-order valence-corrected chi connectivity index (χ1v) is 6.91. The molecular weight excluding hydrogens is 298 g/mol. The van der Waals surface area contributed by atoms with Crippen LogP contribution in [0.5, 0.6) is 5.75 Å². The molecular formula is C17H15NO5. The minimum atomic E-state index is -0.667. The summed E-state index contributed by atoms with van der Waals surface area (Å²) in [5.41, 5.74) is 1.21. The third-order valence-electron chi connectivity index (χ3n) is 3.11. The summed E-state index contributed by atoms with van der Waals surface area (Å²) < 4.78 is 5.04. The highest BCUT2D eigenvalue weighted by Crippen LogP contribution is 2.30. The minimum Gasteiger partial charge on any atom is -0.508 e. The van der Waals surface area contributed by atoms with E-state index >= 15 is 0 Å². The van der Waals surface area contributed by atoms with Gasteiger partial charge in [0.05, 0.1) is 18.0 Å². The van der Waals surface area contributed by atoms with Crippen LogP contribution in [0.3, 0.4) is 0 Å².